The first-order valence-electron chi connectivity index (χ1n) is 12.3. The van der Waals surface area contributed by atoms with Crippen LogP contribution in [0.5, 0.6) is 0 Å². The summed E-state index contributed by atoms with van der Waals surface area (Å²) in [5, 5.41) is 17.7. The van der Waals surface area contributed by atoms with E-state index in [2.05, 4.69) is 20.9 Å². The van der Waals surface area contributed by atoms with Gasteiger partial charge in [0.05, 0.1) is 12.5 Å². The second-order valence-corrected chi connectivity index (χ2v) is 9.54. The lowest BCUT2D eigenvalue weighted by molar-refractivity contribution is -0.142. The highest BCUT2D eigenvalue weighted by Gasteiger charge is 2.32. The lowest BCUT2D eigenvalue weighted by Crippen LogP contribution is -2.59. The first kappa shape index (κ1) is 30.8. The van der Waals surface area contributed by atoms with Crippen molar-refractivity contribution in [2.24, 2.45) is 23.1 Å². The van der Waals surface area contributed by atoms with Crippen LogP contribution in [0, 0.1) is 5.92 Å². The number of carbonyl (C=O) groups excluding carboxylic acids is 5. The summed E-state index contributed by atoms with van der Waals surface area (Å²) in [6, 6.07) is 2.17. The molecule has 14 heteroatoms. The summed E-state index contributed by atoms with van der Waals surface area (Å²) >= 11 is 0. The Kier molecular flexibility index (Phi) is 11.0. The second kappa shape index (κ2) is 13.9. The summed E-state index contributed by atoms with van der Waals surface area (Å²) in [6.07, 6.45) is 0.704. The number of hydrogen-bond acceptors (Lipinski definition) is 7. The molecule has 0 saturated carbocycles. The highest BCUT2D eigenvalue weighted by molar-refractivity contribution is 5.95. The van der Waals surface area contributed by atoms with Crippen LogP contribution >= 0.6 is 0 Å². The summed E-state index contributed by atoms with van der Waals surface area (Å²) in [5.41, 5.74) is 17.4. The normalized spacial score (nSPS) is 14.2. The van der Waals surface area contributed by atoms with E-state index in [9.17, 15) is 33.9 Å². The number of hydrogen-bond donors (Lipinski definition) is 8. The zero-order chi connectivity index (χ0) is 29.3. The molecule has 2 rings (SSSR count). The largest absolute Gasteiger partial charge is 0.480 e. The van der Waals surface area contributed by atoms with Gasteiger partial charge in [-0.1, -0.05) is 32.0 Å². The molecule has 1 heterocycles. The van der Waals surface area contributed by atoms with E-state index in [0.29, 0.717) is 5.56 Å². The quantitative estimate of drug-likeness (QED) is 0.129. The monoisotopic (exact) mass is 545 g/mol. The average Bonchev–Trinajstić information content (AvgIpc) is 3.26. The fourth-order valence-corrected chi connectivity index (χ4v) is 3.91. The van der Waals surface area contributed by atoms with Gasteiger partial charge < -0.3 is 43.2 Å². The van der Waals surface area contributed by atoms with Crippen LogP contribution < -0.4 is 33.2 Å². The molecule has 39 heavy (non-hydrogen) atoms. The number of aromatic amines is 1. The number of para-hydroxylation sites is 1. The number of aromatic nitrogens is 1. The molecule has 4 unspecified atom stereocenters. The maximum absolute atomic E-state index is 13.3. The van der Waals surface area contributed by atoms with Gasteiger partial charge in [-0.3, -0.25) is 24.0 Å². The minimum absolute atomic E-state index is 0.0241. The van der Waals surface area contributed by atoms with Crippen molar-refractivity contribution in [3.05, 3.63) is 36.0 Å². The van der Waals surface area contributed by atoms with E-state index in [4.69, 9.17) is 17.2 Å². The van der Waals surface area contributed by atoms with E-state index in [0.717, 1.165) is 10.9 Å². The number of carbonyl (C=O) groups is 6. The molecule has 11 N–H and O–H groups in total. The zero-order valence-electron chi connectivity index (χ0n) is 21.7. The Balaban J connectivity index is 2.31. The molecular formula is C25H35N7O7. The van der Waals surface area contributed by atoms with Crippen molar-refractivity contribution in [3.8, 4) is 0 Å². The molecule has 212 valence electrons. The van der Waals surface area contributed by atoms with Crippen LogP contribution in [0.4, 0.5) is 0 Å². The van der Waals surface area contributed by atoms with Crippen LogP contribution in [-0.4, -0.2) is 69.8 Å². The zero-order valence-corrected chi connectivity index (χ0v) is 21.7. The second-order valence-electron chi connectivity index (χ2n) is 9.54. The van der Waals surface area contributed by atoms with Gasteiger partial charge >= 0.3 is 5.97 Å². The Morgan fingerprint density at radius 2 is 1.54 bits per heavy atom. The summed E-state index contributed by atoms with van der Waals surface area (Å²) in [5.74, 6) is -5.67. The Bertz CT molecular complexity index is 1230. The third-order valence-electron chi connectivity index (χ3n) is 6.03. The molecule has 0 spiro atoms. The number of fused-ring (bicyclic) bond motifs is 1. The van der Waals surface area contributed by atoms with Gasteiger partial charge in [0.25, 0.3) is 0 Å². The van der Waals surface area contributed by atoms with Crippen LogP contribution in [0.15, 0.2) is 30.5 Å². The van der Waals surface area contributed by atoms with Crippen molar-refractivity contribution in [1.82, 2.24) is 20.9 Å². The molecular weight excluding hydrogens is 510 g/mol. The minimum Gasteiger partial charge on any atom is -0.480 e. The molecule has 0 radical (unpaired) electrons. The van der Waals surface area contributed by atoms with Crippen LogP contribution in [0.1, 0.15) is 38.7 Å². The molecule has 0 aliphatic heterocycles. The third-order valence-corrected chi connectivity index (χ3v) is 6.03. The number of benzene rings is 1. The maximum Gasteiger partial charge on any atom is 0.326 e. The van der Waals surface area contributed by atoms with Crippen molar-refractivity contribution < 1.29 is 33.9 Å². The van der Waals surface area contributed by atoms with Gasteiger partial charge in [0, 0.05) is 29.9 Å². The summed E-state index contributed by atoms with van der Waals surface area (Å²) in [4.78, 5) is 76.0. The first-order valence-corrected chi connectivity index (χ1v) is 12.3. The van der Waals surface area contributed by atoms with Gasteiger partial charge in [-0.15, -0.1) is 0 Å². The van der Waals surface area contributed by atoms with E-state index in [1.165, 1.54) is 0 Å². The minimum atomic E-state index is -1.43. The predicted octanol–water partition coefficient (Wildman–Crippen LogP) is -1.63. The SMILES string of the molecule is CC(C)C(NC(=O)C(N)CC(N)=O)C(=O)NC(Cc1c[nH]c2ccccc12)C(=O)NC(CCC(N)=O)C(=O)O. The van der Waals surface area contributed by atoms with E-state index in [1.54, 1.807) is 26.1 Å². The summed E-state index contributed by atoms with van der Waals surface area (Å²) in [6.45, 7) is 3.31. The number of carboxylic acids is 1. The molecule has 4 atom stereocenters. The number of primary amides is 2. The van der Waals surface area contributed by atoms with Crippen LogP contribution in [0.2, 0.25) is 0 Å². The number of aliphatic carboxylic acids is 1. The molecule has 0 aliphatic rings. The number of rotatable bonds is 15. The highest BCUT2D eigenvalue weighted by Crippen LogP contribution is 2.19. The number of carboxylic acid groups (broad SMARTS) is 1. The Labute approximate surface area is 224 Å². The number of H-pyrrole nitrogens is 1. The summed E-state index contributed by atoms with van der Waals surface area (Å²) in [7, 11) is 0. The molecule has 0 fully saturated rings. The van der Waals surface area contributed by atoms with E-state index < -0.39 is 72.0 Å². The lowest BCUT2D eigenvalue weighted by atomic mass is 9.99. The van der Waals surface area contributed by atoms with Crippen LogP contribution in [-0.2, 0) is 35.2 Å². The molecule has 2 aromatic rings. The topological polar surface area (TPSA) is 253 Å². The predicted molar refractivity (Wildman–Crippen MR) is 140 cm³/mol. The van der Waals surface area contributed by atoms with Crippen molar-refractivity contribution in [2.45, 2.75) is 63.7 Å². The van der Waals surface area contributed by atoms with Crippen LogP contribution in [0.3, 0.4) is 0 Å². The Hall–Kier alpha value is -4.46. The number of amides is 5. The maximum atomic E-state index is 13.3. The molecule has 0 aliphatic carbocycles. The third kappa shape index (κ3) is 9.10. The molecule has 14 nitrogen and oxygen atoms in total. The van der Waals surface area contributed by atoms with Gasteiger partial charge in [-0.2, -0.15) is 0 Å². The molecule has 5 amide bonds. The standard InChI is InChI=1S/C25H35N7O7/c1-12(2)21(32-22(35)15(26)10-20(28)34)24(37)31-18(9-13-11-29-16-6-4-3-5-14(13)16)23(36)30-17(25(38)39)7-8-19(27)33/h3-6,11-12,15,17-18,21,29H,7-10,26H2,1-2H3,(H2,27,33)(H2,28,34)(H,30,36)(H,31,37)(H,32,35)(H,38,39). The van der Waals surface area contributed by atoms with Crippen molar-refractivity contribution >= 4 is 46.4 Å². The average molecular weight is 546 g/mol. The lowest BCUT2D eigenvalue weighted by Gasteiger charge is -2.27. The van der Waals surface area contributed by atoms with Crippen molar-refractivity contribution in [3.63, 3.8) is 0 Å². The summed E-state index contributed by atoms with van der Waals surface area (Å²) < 4.78 is 0. The number of nitrogens with two attached hydrogens (primary N) is 3. The molecule has 1 aromatic carbocycles. The van der Waals surface area contributed by atoms with Crippen LogP contribution in [0.25, 0.3) is 10.9 Å². The fraction of sp³-hybridized carbons (Fsp3) is 0.440. The molecule has 0 bridgehead atoms. The van der Waals surface area contributed by atoms with Gasteiger partial charge in [0.2, 0.25) is 29.5 Å². The first-order chi connectivity index (χ1) is 18.3. The molecule has 0 saturated heterocycles. The Morgan fingerprint density at radius 3 is 2.13 bits per heavy atom. The van der Waals surface area contributed by atoms with Crippen molar-refractivity contribution in [1.29, 1.82) is 0 Å². The number of nitrogens with one attached hydrogen (secondary N) is 4. The van der Waals surface area contributed by atoms with Gasteiger partial charge in [0.1, 0.15) is 18.1 Å². The Morgan fingerprint density at radius 1 is 0.897 bits per heavy atom. The van der Waals surface area contributed by atoms with E-state index in [-0.39, 0.29) is 19.3 Å². The van der Waals surface area contributed by atoms with E-state index >= 15 is 0 Å². The van der Waals surface area contributed by atoms with Crippen molar-refractivity contribution in [2.75, 3.05) is 0 Å². The fourth-order valence-electron chi connectivity index (χ4n) is 3.91. The highest BCUT2D eigenvalue weighted by atomic mass is 16.4. The van der Waals surface area contributed by atoms with Gasteiger partial charge in [0.15, 0.2) is 0 Å². The van der Waals surface area contributed by atoms with Gasteiger partial charge in [-0.05, 0) is 24.0 Å². The smallest absolute Gasteiger partial charge is 0.326 e. The van der Waals surface area contributed by atoms with Gasteiger partial charge in [-0.25, -0.2) is 4.79 Å². The molecule has 1 aromatic heterocycles. The van der Waals surface area contributed by atoms with E-state index in [1.807, 2.05) is 18.2 Å².